The third kappa shape index (κ3) is 3.16. The first-order valence-corrected chi connectivity index (χ1v) is 8.71. The van der Waals surface area contributed by atoms with E-state index in [4.69, 9.17) is 0 Å². The van der Waals surface area contributed by atoms with Crippen molar-refractivity contribution in [2.45, 2.75) is 40.5 Å². The standard InChI is InChI=1S/C21H26N2O/c1-14-8-7-9-18(12-14)21(24)22-19-15(2)13-16(3)20(17(19)4)23-10-5-6-11-23/h7-9,12-13H,5-6,10-11H2,1-4H3,(H,22,24). The maximum Gasteiger partial charge on any atom is 0.255 e. The molecule has 0 aliphatic carbocycles. The molecule has 0 spiro atoms. The Labute approximate surface area is 144 Å². The lowest BCUT2D eigenvalue weighted by Gasteiger charge is -2.26. The van der Waals surface area contributed by atoms with Gasteiger partial charge in [-0.2, -0.15) is 0 Å². The van der Waals surface area contributed by atoms with E-state index in [-0.39, 0.29) is 5.91 Å². The minimum atomic E-state index is -0.0406. The van der Waals surface area contributed by atoms with E-state index in [1.165, 1.54) is 29.7 Å². The molecule has 2 aromatic rings. The molecule has 1 aliphatic rings. The highest BCUT2D eigenvalue weighted by Crippen LogP contribution is 2.35. The van der Waals surface area contributed by atoms with Crippen LogP contribution < -0.4 is 10.2 Å². The zero-order valence-corrected chi connectivity index (χ0v) is 15.1. The summed E-state index contributed by atoms with van der Waals surface area (Å²) in [5.41, 5.74) is 7.63. The van der Waals surface area contributed by atoms with Crippen molar-refractivity contribution in [1.82, 2.24) is 0 Å². The van der Waals surface area contributed by atoms with Crippen LogP contribution in [0.5, 0.6) is 0 Å². The average molecular weight is 322 g/mol. The van der Waals surface area contributed by atoms with E-state index in [0.29, 0.717) is 5.56 Å². The van der Waals surface area contributed by atoms with Gasteiger partial charge < -0.3 is 10.2 Å². The monoisotopic (exact) mass is 322 g/mol. The van der Waals surface area contributed by atoms with Crippen molar-refractivity contribution in [3.05, 3.63) is 58.1 Å². The molecular weight excluding hydrogens is 296 g/mol. The fraction of sp³-hybridized carbons (Fsp3) is 0.381. The molecule has 1 heterocycles. The number of hydrogen-bond acceptors (Lipinski definition) is 2. The van der Waals surface area contributed by atoms with Crippen LogP contribution in [-0.2, 0) is 0 Å². The van der Waals surface area contributed by atoms with Gasteiger partial charge in [-0.3, -0.25) is 4.79 Å². The number of benzene rings is 2. The molecule has 0 aromatic heterocycles. The maximum atomic E-state index is 12.7. The predicted octanol–water partition coefficient (Wildman–Crippen LogP) is 4.77. The van der Waals surface area contributed by atoms with E-state index in [2.05, 4.69) is 37.1 Å². The van der Waals surface area contributed by atoms with Crippen molar-refractivity contribution in [3.8, 4) is 0 Å². The Morgan fingerprint density at radius 2 is 1.71 bits per heavy atom. The van der Waals surface area contributed by atoms with E-state index < -0.39 is 0 Å². The number of anilines is 2. The van der Waals surface area contributed by atoms with Crippen molar-refractivity contribution < 1.29 is 4.79 Å². The van der Waals surface area contributed by atoms with Crippen molar-refractivity contribution in [3.63, 3.8) is 0 Å². The van der Waals surface area contributed by atoms with Gasteiger partial charge in [-0.1, -0.05) is 23.8 Å². The van der Waals surface area contributed by atoms with Crippen LogP contribution in [0.25, 0.3) is 0 Å². The molecular formula is C21H26N2O. The summed E-state index contributed by atoms with van der Waals surface area (Å²) in [7, 11) is 0. The van der Waals surface area contributed by atoms with Crippen molar-refractivity contribution >= 4 is 17.3 Å². The minimum Gasteiger partial charge on any atom is -0.371 e. The Morgan fingerprint density at radius 1 is 1.00 bits per heavy atom. The zero-order chi connectivity index (χ0) is 17.3. The molecule has 1 aliphatic heterocycles. The summed E-state index contributed by atoms with van der Waals surface area (Å²) >= 11 is 0. The topological polar surface area (TPSA) is 32.3 Å². The normalized spacial score (nSPS) is 14.1. The first-order valence-electron chi connectivity index (χ1n) is 8.71. The van der Waals surface area contributed by atoms with Gasteiger partial charge in [0.25, 0.3) is 5.91 Å². The molecule has 2 aromatic carbocycles. The number of carbonyl (C=O) groups excluding carboxylic acids is 1. The average Bonchev–Trinajstić information content (AvgIpc) is 3.05. The van der Waals surface area contributed by atoms with Crippen LogP contribution >= 0.6 is 0 Å². The van der Waals surface area contributed by atoms with Gasteiger partial charge >= 0.3 is 0 Å². The number of nitrogens with zero attached hydrogens (tertiary/aromatic N) is 1. The summed E-state index contributed by atoms with van der Waals surface area (Å²) in [6.07, 6.45) is 2.50. The second-order valence-corrected chi connectivity index (χ2v) is 6.88. The molecule has 3 nitrogen and oxygen atoms in total. The van der Waals surface area contributed by atoms with Gasteiger partial charge in [-0.05, 0) is 69.4 Å². The van der Waals surface area contributed by atoms with Gasteiger partial charge in [0.15, 0.2) is 0 Å². The van der Waals surface area contributed by atoms with Crippen molar-refractivity contribution in [2.24, 2.45) is 0 Å². The number of nitrogens with one attached hydrogen (secondary N) is 1. The number of rotatable bonds is 3. The molecule has 0 unspecified atom stereocenters. The molecule has 1 saturated heterocycles. The smallest absolute Gasteiger partial charge is 0.255 e. The van der Waals surface area contributed by atoms with Gasteiger partial charge in [0.2, 0.25) is 0 Å². The van der Waals surface area contributed by atoms with Crippen LogP contribution in [0.2, 0.25) is 0 Å². The largest absolute Gasteiger partial charge is 0.371 e. The summed E-state index contributed by atoms with van der Waals surface area (Å²) < 4.78 is 0. The van der Waals surface area contributed by atoms with Gasteiger partial charge in [0.1, 0.15) is 0 Å². The van der Waals surface area contributed by atoms with Gasteiger partial charge in [-0.25, -0.2) is 0 Å². The van der Waals surface area contributed by atoms with Crippen LogP contribution in [0, 0.1) is 27.7 Å². The molecule has 0 radical (unpaired) electrons. The zero-order valence-electron chi connectivity index (χ0n) is 15.1. The van der Waals surface area contributed by atoms with Gasteiger partial charge in [0, 0.05) is 30.0 Å². The van der Waals surface area contributed by atoms with Gasteiger partial charge in [-0.15, -0.1) is 0 Å². The molecule has 1 amide bonds. The van der Waals surface area contributed by atoms with Crippen LogP contribution in [-0.4, -0.2) is 19.0 Å². The van der Waals surface area contributed by atoms with E-state index in [1.807, 2.05) is 31.2 Å². The van der Waals surface area contributed by atoms with Crippen LogP contribution in [0.4, 0.5) is 11.4 Å². The van der Waals surface area contributed by atoms with Crippen LogP contribution in [0.15, 0.2) is 30.3 Å². The fourth-order valence-electron chi connectivity index (χ4n) is 3.77. The molecule has 1 N–H and O–H groups in total. The second-order valence-electron chi connectivity index (χ2n) is 6.88. The highest BCUT2D eigenvalue weighted by atomic mass is 16.1. The lowest BCUT2D eigenvalue weighted by molar-refractivity contribution is 0.102. The van der Waals surface area contributed by atoms with Crippen molar-refractivity contribution in [1.29, 1.82) is 0 Å². The highest BCUT2D eigenvalue weighted by molar-refractivity contribution is 6.05. The molecule has 126 valence electrons. The fourth-order valence-corrected chi connectivity index (χ4v) is 3.77. The molecule has 24 heavy (non-hydrogen) atoms. The van der Waals surface area contributed by atoms with E-state index >= 15 is 0 Å². The lowest BCUT2D eigenvalue weighted by Crippen LogP contribution is -2.22. The third-order valence-corrected chi connectivity index (χ3v) is 4.87. The molecule has 3 rings (SSSR count). The molecule has 0 bridgehead atoms. The molecule has 0 atom stereocenters. The Morgan fingerprint density at radius 3 is 2.38 bits per heavy atom. The first-order chi connectivity index (χ1) is 11.5. The van der Waals surface area contributed by atoms with E-state index in [1.54, 1.807) is 0 Å². The SMILES string of the molecule is Cc1cccc(C(=O)Nc2c(C)cc(C)c(N3CCCC3)c2C)c1. The van der Waals surface area contributed by atoms with E-state index in [9.17, 15) is 4.79 Å². The Kier molecular flexibility index (Phi) is 4.61. The maximum absolute atomic E-state index is 12.7. The Bertz CT molecular complexity index is 774. The highest BCUT2D eigenvalue weighted by Gasteiger charge is 2.20. The predicted molar refractivity (Wildman–Crippen MR) is 101 cm³/mol. The third-order valence-electron chi connectivity index (χ3n) is 4.87. The lowest BCUT2D eigenvalue weighted by atomic mass is 10.0. The number of carbonyl (C=O) groups is 1. The van der Waals surface area contributed by atoms with Crippen LogP contribution in [0.1, 0.15) is 45.5 Å². The van der Waals surface area contributed by atoms with Crippen molar-refractivity contribution in [2.75, 3.05) is 23.3 Å². The summed E-state index contributed by atoms with van der Waals surface area (Å²) in [6.45, 7) is 10.6. The summed E-state index contributed by atoms with van der Waals surface area (Å²) in [6, 6.07) is 9.91. The summed E-state index contributed by atoms with van der Waals surface area (Å²) in [5, 5.41) is 3.15. The number of amides is 1. The number of hydrogen-bond donors (Lipinski definition) is 1. The number of aryl methyl sites for hydroxylation is 3. The van der Waals surface area contributed by atoms with Gasteiger partial charge in [0.05, 0.1) is 0 Å². The Balaban J connectivity index is 1.95. The molecule has 3 heteroatoms. The molecule has 0 saturated carbocycles. The van der Waals surface area contributed by atoms with Crippen LogP contribution in [0.3, 0.4) is 0 Å². The second kappa shape index (κ2) is 6.68. The quantitative estimate of drug-likeness (QED) is 0.882. The Hall–Kier alpha value is -2.29. The minimum absolute atomic E-state index is 0.0406. The first kappa shape index (κ1) is 16.6. The summed E-state index contributed by atoms with van der Waals surface area (Å²) in [4.78, 5) is 15.1. The summed E-state index contributed by atoms with van der Waals surface area (Å²) in [5.74, 6) is -0.0406. The molecule has 1 fully saturated rings. The van der Waals surface area contributed by atoms with E-state index in [0.717, 1.165) is 29.9 Å².